The Morgan fingerprint density at radius 3 is 2.94 bits per heavy atom. The molecule has 2 rings (SSSR count). The van der Waals surface area contributed by atoms with Crippen LogP contribution in [0.15, 0.2) is 17.1 Å². The van der Waals surface area contributed by atoms with E-state index in [-0.39, 0.29) is 17.4 Å². The lowest BCUT2D eigenvalue weighted by Gasteiger charge is -2.15. The standard InChI is InChI=1S/C10H10BrClN2O2/c11-3-6-1-9(15)14(5-6)8-2-7(12)4-13-10(8)16/h2,4,6H,1,3,5H2,(H,13,16). The third-order valence-electron chi connectivity index (χ3n) is 2.56. The summed E-state index contributed by atoms with van der Waals surface area (Å²) in [5.41, 5.74) is 0.0499. The highest BCUT2D eigenvalue weighted by atomic mass is 79.9. The molecule has 1 aromatic rings. The van der Waals surface area contributed by atoms with E-state index in [1.807, 2.05) is 0 Å². The lowest BCUT2D eigenvalue weighted by Crippen LogP contribution is -2.30. The number of hydrogen-bond acceptors (Lipinski definition) is 2. The fraction of sp³-hybridized carbons (Fsp3) is 0.400. The van der Waals surface area contributed by atoms with E-state index in [2.05, 4.69) is 20.9 Å². The molecule has 1 unspecified atom stereocenters. The van der Waals surface area contributed by atoms with E-state index in [0.717, 1.165) is 5.33 Å². The molecule has 1 atom stereocenters. The van der Waals surface area contributed by atoms with Gasteiger partial charge in [0, 0.05) is 24.5 Å². The Labute approximate surface area is 106 Å². The summed E-state index contributed by atoms with van der Waals surface area (Å²) < 4.78 is 0. The minimum absolute atomic E-state index is 0.0304. The molecule has 0 bridgehead atoms. The summed E-state index contributed by atoms with van der Waals surface area (Å²) in [5.74, 6) is 0.225. The molecule has 0 aromatic carbocycles. The number of aromatic amines is 1. The van der Waals surface area contributed by atoms with Crippen LogP contribution in [0.4, 0.5) is 5.69 Å². The van der Waals surface area contributed by atoms with Gasteiger partial charge in [0.2, 0.25) is 5.91 Å². The summed E-state index contributed by atoms with van der Waals surface area (Å²) in [4.78, 5) is 27.3. The maximum absolute atomic E-state index is 11.7. The molecule has 0 radical (unpaired) electrons. The number of rotatable bonds is 2. The van der Waals surface area contributed by atoms with Crippen LogP contribution in [0.5, 0.6) is 0 Å². The van der Waals surface area contributed by atoms with Crippen molar-refractivity contribution < 1.29 is 4.79 Å². The number of H-pyrrole nitrogens is 1. The average Bonchev–Trinajstić information content (AvgIpc) is 2.63. The highest BCUT2D eigenvalue weighted by molar-refractivity contribution is 9.09. The average molecular weight is 306 g/mol. The highest BCUT2D eigenvalue weighted by Crippen LogP contribution is 2.24. The fourth-order valence-electron chi connectivity index (χ4n) is 1.76. The summed E-state index contributed by atoms with van der Waals surface area (Å²) >= 11 is 9.14. The van der Waals surface area contributed by atoms with Crippen LogP contribution in [0.1, 0.15) is 6.42 Å². The van der Waals surface area contributed by atoms with Crippen LogP contribution in [0, 0.1) is 5.92 Å². The third kappa shape index (κ3) is 2.15. The van der Waals surface area contributed by atoms with Crippen LogP contribution in [-0.4, -0.2) is 22.8 Å². The number of carbonyl (C=O) groups is 1. The molecule has 0 aliphatic carbocycles. The van der Waals surface area contributed by atoms with Gasteiger partial charge in [-0.15, -0.1) is 0 Å². The predicted molar refractivity (Wildman–Crippen MR) is 66.3 cm³/mol. The van der Waals surface area contributed by atoms with Gasteiger partial charge in [-0.25, -0.2) is 0 Å². The smallest absolute Gasteiger partial charge is 0.272 e. The number of amides is 1. The lowest BCUT2D eigenvalue weighted by atomic mass is 10.2. The van der Waals surface area contributed by atoms with E-state index in [9.17, 15) is 9.59 Å². The van der Waals surface area contributed by atoms with Gasteiger partial charge in [0.1, 0.15) is 5.69 Å². The molecule has 0 saturated carbocycles. The first-order valence-corrected chi connectivity index (χ1v) is 6.36. The quantitative estimate of drug-likeness (QED) is 0.847. The van der Waals surface area contributed by atoms with E-state index in [4.69, 9.17) is 11.6 Å². The fourth-order valence-corrected chi connectivity index (χ4v) is 2.36. The normalized spacial score (nSPS) is 20.5. The molecule has 86 valence electrons. The predicted octanol–water partition coefficient (Wildman–Crippen LogP) is 1.78. The number of pyridine rings is 1. The van der Waals surface area contributed by atoms with Crippen molar-refractivity contribution in [2.75, 3.05) is 16.8 Å². The molecule has 1 aliphatic rings. The maximum atomic E-state index is 11.7. The van der Waals surface area contributed by atoms with E-state index < -0.39 is 0 Å². The monoisotopic (exact) mass is 304 g/mol. The molecule has 1 saturated heterocycles. The zero-order chi connectivity index (χ0) is 11.7. The van der Waals surface area contributed by atoms with Crippen molar-refractivity contribution in [2.45, 2.75) is 6.42 Å². The molecule has 1 amide bonds. The Balaban J connectivity index is 2.34. The summed E-state index contributed by atoms with van der Waals surface area (Å²) in [7, 11) is 0. The van der Waals surface area contributed by atoms with Crippen LogP contribution >= 0.6 is 27.5 Å². The van der Waals surface area contributed by atoms with Gasteiger partial charge in [-0.2, -0.15) is 0 Å². The molecule has 4 nitrogen and oxygen atoms in total. The Morgan fingerprint density at radius 2 is 2.31 bits per heavy atom. The van der Waals surface area contributed by atoms with Crippen molar-refractivity contribution in [2.24, 2.45) is 5.92 Å². The van der Waals surface area contributed by atoms with Gasteiger partial charge in [0.25, 0.3) is 5.56 Å². The minimum atomic E-state index is -0.284. The molecule has 1 aliphatic heterocycles. The lowest BCUT2D eigenvalue weighted by molar-refractivity contribution is -0.117. The molecule has 1 N–H and O–H groups in total. The summed E-state index contributed by atoms with van der Waals surface area (Å²) in [6, 6.07) is 1.52. The molecule has 6 heteroatoms. The van der Waals surface area contributed by atoms with Gasteiger partial charge in [0.15, 0.2) is 0 Å². The van der Waals surface area contributed by atoms with Crippen LogP contribution < -0.4 is 10.5 Å². The van der Waals surface area contributed by atoms with Crippen molar-refractivity contribution in [3.8, 4) is 0 Å². The van der Waals surface area contributed by atoms with Gasteiger partial charge in [-0.3, -0.25) is 9.59 Å². The molecule has 0 spiro atoms. The van der Waals surface area contributed by atoms with Crippen LogP contribution in [0.25, 0.3) is 0 Å². The molecule has 2 heterocycles. The second-order valence-electron chi connectivity index (χ2n) is 3.76. The number of hydrogen-bond donors (Lipinski definition) is 1. The number of aromatic nitrogens is 1. The number of carbonyl (C=O) groups excluding carboxylic acids is 1. The molecule has 1 aromatic heterocycles. The summed E-state index contributed by atoms with van der Waals surface area (Å²) in [6.07, 6.45) is 1.88. The number of alkyl halides is 1. The van der Waals surface area contributed by atoms with Gasteiger partial charge >= 0.3 is 0 Å². The first-order valence-electron chi connectivity index (χ1n) is 4.86. The molecular weight excluding hydrogens is 295 g/mol. The van der Waals surface area contributed by atoms with Gasteiger partial charge < -0.3 is 9.88 Å². The number of nitrogens with zero attached hydrogens (tertiary/aromatic N) is 1. The van der Waals surface area contributed by atoms with Crippen LogP contribution in [0.3, 0.4) is 0 Å². The topological polar surface area (TPSA) is 53.2 Å². The Bertz CT molecular complexity index is 474. The van der Waals surface area contributed by atoms with E-state index in [1.165, 1.54) is 17.2 Å². The Hall–Kier alpha value is -0.810. The Morgan fingerprint density at radius 1 is 1.56 bits per heavy atom. The maximum Gasteiger partial charge on any atom is 0.272 e. The first-order chi connectivity index (χ1) is 7.61. The van der Waals surface area contributed by atoms with E-state index in [1.54, 1.807) is 0 Å². The van der Waals surface area contributed by atoms with Crippen molar-refractivity contribution in [1.82, 2.24) is 4.98 Å². The van der Waals surface area contributed by atoms with Crippen molar-refractivity contribution in [1.29, 1.82) is 0 Å². The number of nitrogens with one attached hydrogen (secondary N) is 1. The summed E-state index contributed by atoms with van der Waals surface area (Å²) in [5, 5.41) is 1.18. The van der Waals surface area contributed by atoms with E-state index >= 15 is 0 Å². The third-order valence-corrected chi connectivity index (χ3v) is 3.70. The van der Waals surface area contributed by atoms with Crippen molar-refractivity contribution in [3.05, 3.63) is 27.6 Å². The zero-order valence-electron chi connectivity index (χ0n) is 8.37. The van der Waals surface area contributed by atoms with Gasteiger partial charge in [-0.05, 0) is 12.0 Å². The van der Waals surface area contributed by atoms with Crippen molar-refractivity contribution >= 4 is 39.1 Å². The second-order valence-corrected chi connectivity index (χ2v) is 4.84. The van der Waals surface area contributed by atoms with Gasteiger partial charge in [-0.1, -0.05) is 27.5 Å². The van der Waals surface area contributed by atoms with E-state index in [0.29, 0.717) is 23.7 Å². The molecule has 16 heavy (non-hydrogen) atoms. The van der Waals surface area contributed by atoms with Crippen LogP contribution in [-0.2, 0) is 4.79 Å². The van der Waals surface area contributed by atoms with Crippen LogP contribution in [0.2, 0.25) is 5.02 Å². The minimum Gasteiger partial charge on any atom is -0.326 e. The second kappa shape index (κ2) is 4.59. The summed E-state index contributed by atoms with van der Waals surface area (Å²) in [6.45, 7) is 0.563. The largest absolute Gasteiger partial charge is 0.326 e. The number of halogens is 2. The molecule has 1 fully saturated rings. The first kappa shape index (κ1) is 11.7. The number of anilines is 1. The SMILES string of the molecule is O=C1CC(CBr)CN1c1cc(Cl)c[nH]c1=O. The highest BCUT2D eigenvalue weighted by Gasteiger charge is 2.31. The molecular formula is C10H10BrClN2O2. The van der Waals surface area contributed by atoms with Crippen molar-refractivity contribution in [3.63, 3.8) is 0 Å². The van der Waals surface area contributed by atoms with Gasteiger partial charge in [0.05, 0.1) is 5.02 Å². The zero-order valence-corrected chi connectivity index (χ0v) is 10.7. The Kier molecular flexibility index (Phi) is 3.35.